The number of nitro groups is 1. The van der Waals surface area contributed by atoms with E-state index in [0.29, 0.717) is 5.69 Å². The molecule has 6 nitrogen and oxygen atoms in total. The van der Waals surface area contributed by atoms with E-state index in [4.69, 9.17) is 16.3 Å². The van der Waals surface area contributed by atoms with Crippen LogP contribution in [0.25, 0.3) is 10.6 Å². The third-order valence-electron chi connectivity index (χ3n) is 3.30. The normalized spacial score (nSPS) is 10.4. The zero-order valence-electron chi connectivity index (χ0n) is 12.7. The van der Waals surface area contributed by atoms with Crippen LogP contribution in [0.1, 0.15) is 16.1 Å². The first-order valence-corrected chi connectivity index (χ1v) is 8.41. The van der Waals surface area contributed by atoms with Gasteiger partial charge < -0.3 is 4.74 Å². The first-order chi connectivity index (χ1) is 12.0. The predicted molar refractivity (Wildman–Crippen MR) is 94.8 cm³/mol. The van der Waals surface area contributed by atoms with Gasteiger partial charge >= 0.3 is 5.97 Å². The van der Waals surface area contributed by atoms with Gasteiger partial charge in [0.15, 0.2) is 0 Å². The van der Waals surface area contributed by atoms with E-state index in [2.05, 4.69) is 4.98 Å². The molecule has 0 radical (unpaired) electrons. The van der Waals surface area contributed by atoms with Crippen molar-refractivity contribution in [3.63, 3.8) is 0 Å². The molecule has 1 aromatic heterocycles. The van der Waals surface area contributed by atoms with Crippen LogP contribution in [0.3, 0.4) is 0 Å². The first-order valence-electron chi connectivity index (χ1n) is 7.15. The summed E-state index contributed by atoms with van der Waals surface area (Å²) in [5, 5.41) is 13.5. The van der Waals surface area contributed by atoms with E-state index >= 15 is 0 Å². The molecule has 0 aliphatic rings. The Morgan fingerprint density at radius 1 is 1.24 bits per heavy atom. The van der Waals surface area contributed by atoms with Crippen molar-refractivity contribution in [2.45, 2.75) is 6.61 Å². The van der Waals surface area contributed by atoms with Crippen LogP contribution in [0.15, 0.2) is 53.9 Å². The van der Waals surface area contributed by atoms with Gasteiger partial charge in [-0.05, 0) is 6.07 Å². The van der Waals surface area contributed by atoms with Gasteiger partial charge in [0.2, 0.25) is 0 Å². The van der Waals surface area contributed by atoms with E-state index in [0.717, 1.165) is 16.6 Å². The summed E-state index contributed by atoms with van der Waals surface area (Å²) < 4.78 is 5.18. The van der Waals surface area contributed by atoms with Crippen molar-refractivity contribution in [2.24, 2.45) is 0 Å². The minimum absolute atomic E-state index is 0.0405. The minimum Gasteiger partial charge on any atom is -0.456 e. The van der Waals surface area contributed by atoms with Crippen molar-refractivity contribution in [3.8, 4) is 10.6 Å². The molecule has 3 aromatic rings. The summed E-state index contributed by atoms with van der Waals surface area (Å²) >= 11 is 7.37. The molecule has 8 heteroatoms. The van der Waals surface area contributed by atoms with Crippen molar-refractivity contribution >= 4 is 34.6 Å². The highest BCUT2D eigenvalue weighted by Gasteiger charge is 2.17. The highest BCUT2D eigenvalue weighted by atomic mass is 35.5. The smallest absolute Gasteiger partial charge is 0.340 e. The SMILES string of the molecule is O=C(OCc1csc(-c2ccccc2)n1)c1cc([N+](=O)[O-])ccc1Cl. The number of ether oxygens (including phenoxy) is 1. The molecule has 2 aromatic carbocycles. The number of hydrogen-bond acceptors (Lipinski definition) is 6. The largest absolute Gasteiger partial charge is 0.456 e. The summed E-state index contributed by atoms with van der Waals surface area (Å²) in [7, 11) is 0. The van der Waals surface area contributed by atoms with Gasteiger partial charge in [0.25, 0.3) is 5.69 Å². The minimum atomic E-state index is -0.733. The summed E-state index contributed by atoms with van der Waals surface area (Å²) in [5.41, 5.74) is 1.30. The summed E-state index contributed by atoms with van der Waals surface area (Å²) in [6.45, 7) is -0.0405. The fourth-order valence-corrected chi connectivity index (χ4v) is 3.09. The van der Waals surface area contributed by atoms with Gasteiger partial charge in [-0.2, -0.15) is 0 Å². The second kappa shape index (κ2) is 7.42. The fraction of sp³-hybridized carbons (Fsp3) is 0.0588. The number of thiazole rings is 1. The quantitative estimate of drug-likeness (QED) is 0.366. The molecular weight excluding hydrogens is 364 g/mol. The van der Waals surface area contributed by atoms with Crippen molar-refractivity contribution < 1.29 is 14.5 Å². The molecule has 3 rings (SSSR count). The lowest BCUT2D eigenvalue weighted by Gasteiger charge is -2.04. The lowest BCUT2D eigenvalue weighted by atomic mass is 10.2. The van der Waals surface area contributed by atoms with Gasteiger partial charge in [-0.25, -0.2) is 9.78 Å². The Kier molecular flexibility index (Phi) is 5.06. The van der Waals surface area contributed by atoms with Crippen LogP contribution in [0, 0.1) is 10.1 Å². The lowest BCUT2D eigenvalue weighted by Crippen LogP contribution is -2.07. The van der Waals surface area contributed by atoms with Gasteiger partial charge in [0.1, 0.15) is 11.6 Å². The number of nitrogens with zero attached hydrogens (tertiary/aromatic N) is 2. The summed E-state index contributed by atoms with van der Waals surface area (Å²) in [6.07, 6.45) is 0. The highest BCUT2D eigenvalue weighted by molar-refractivity contribution is 7.13. The van der Waals surface area contributed by atoms with Crippen LogP contribution in [-0.2, 0) is 11.3 Å². The monoisotopic (exact) mass is 374 g/mol. The van der Waals surface area contributed by atoms with Crippen molar-refractivity contribution in [2.75, 3.05) is 0 Å². The average molecular weight is 375 g/mol. The van der Waals surface area contributed by atoms with Crippen LogP contribution in [0.5, 0.6) is 0 Å². The van der Waals surface area contributed by atoms with Gasteiger partial charge in [0.05, 0.1) is 21.2 Å². The molecule has 0 aliphatic heterocycles. The Hall–Kier alpha value is -2.77. The maximum absolute atomic E-state index is 12.1. The first kappa shape index (κ1) is 17.1. The van der Waals surface area contributed by atoms with E-state index < -0.39 is 10.9 Å². The molecule has 1 heterocycles. The van der Waals surface area contributed by atoms with E-state index in [-0.39, 0.29) is 22.9 Å². The van der Waals surface area contributed by atoms with Crippen LogP contribution in [0.2, 0.25) is 5.02 Å². The number of halogens is 1. The molecule has 0 N–H and O–H groups in total. The molecule has 0 amide bonds. The molecule has 0 unspecified atom stereocenters. The van der Waals surface area contributed by atoms with Crippen LogP contribution in [-0.4, -0.2) is 15.9 Å². The maximum atomic E-state index is 12.1. The molecule has 0 fully saturated rings. The van der Waals surface area contributed by atoms with Gasteiger partial charge in [-0.1, -0.05) is 41.9 Å². The maximum Gasteiger partial charge on any atom is 0.340 e. The molecule has 25 heavy (non-hydrogen) atoms. The third-order valence-corrected chi connectivity index (χ3v) is 4.57. The molecule has 0 saturated carbocycles. The Labute approximate surface area is 151 Å². The number of rotatable bonds is 5. The molecule has 126 valence electrons. The average Bonchev–Trinajstić information content (AvgIpc) is 3.09. The number of carbonyl (C=O) groups excluding carboxylic acids is 1. The van der Waals surface area contributed by atoms with Crippen LogP contribution >= 0.6 is 22.9 Å². The van der Waals surface area contributed by atoms with E-state index in [1.54, 1.807) is 5.38 Å². The van der Waals surface area contributed by atoms with Crippen molar-refractivity contribution in [1.82, 2.24) is 4.98 Å². The molecule has 0 saturated heterocycles. The Balaban J connectivity index is 1.70. The van der Waals surface area contributed by atoms with E-state index in [1.165, 1.54) is 23.5 Å². The summed E-state index contributed by atoms with van der Waals surface area (Å²) in [6, 6.07) is 13.3. The van der Waals surface area contributed by atoms with Crippen molar-refractivity contribution in [1.29, 1.82) is 0 Å². The number of benzene rings is 2. The summed E-state index contributed by atoms with van der Waals surface area (Å²) in [4.78, 5) is 26.8. The Bertz CT molecular complexity index is 927. The van der Waals surface area contributed by atoms with Gasteiger partial charge in [-0.3, -0.25) is 10.1 Å². The predicted octanol–water partition coefficient (Wildman–Crippen LogP) is 4.73. The number of esters is 1. The second-order valence-corrected chi connectivity index (χ2v) is 6.27. The third kappa shape index (κ3) is 4.01. The van der Waals surface area contributed by atoms with Gasteiger partial charge in [0, 0.05) is 23.1 Å². The number of nitro benzene ring substituents is 1. The number of carbonyl (C=O) groups is 1. The number of hydrogen-bond donors (Lipinski definition) is 0. The highest BCUT2D eigenvalue weighted by Crippen LogP contribution is 2.25. The molecule has 0 spiro atoms. The second-order valence-electron chi connectivity index (χ2n) is 5.01. The molecule has 0 aliphatic carbocycles. The summed E-state index contributed by atoms with van der Waals surface area (Å²) in [5.74, 6) is -0.733. The molecular formula is C17H11ClN2O4S. The fourth-order valence-electron chi connectivity index (χ4n) is 2.09. The zero-order valence-corrected chi connectivity index (χ0v) is 14.3. The standard InChI is InChI=1S/C17H11ClN2O4S/c18-15-7-6-13(20(22)23)8-14(15)17(21)24-9-12-10-25-16(19-12)11-4-2-1-3-5-11/h1-8,10H,9H2. The molecule has 0 atom stereocenters. The van der Waals surface area contributed by atoms with Crippen molar-refractivity contribution in [3.05, 3.63) is 80.3 Å². The topological polar surface area (TPSA) is 82.3 Å². The van der Waals surface area contributed by atoms with Crippen LogP contribution in [0.4, 0.5) is 5.69 Å². The number of aromatic nitrogens is 1. The molecule has 0 bridgehead atoms. The Morgan fingerprint density at radius 3 is 2.72 bits per heavy atom. The zero-order chi connectivity index (χ0) is 17.8. The number of non-ortho nitro benzene ring substituents is 1. The van der Waals surface area contributed by atoms with Crippen LogP contribution < -0.4 is 0 Å². The van der Waals surface area contributed by atoms with Gasteiger partial charge in [-0.15, -0.1) is 11.3 Å². The van der Waals surface area contributed by atoms with E-state index in [1.807, 2.05) is 30.3 Å². The lowest BCUT2D eigenvalue weighted by molar-refractivity contribution is -0.384. The van der Waals surface area contributed by atoms with E-state index in [9.17, 15) is 14.9 Å². The Morgan fingerprint density at radius 2 is 2.00 bits per heavy atom.